The van der Waals surface area contributed by atoms with Crippen LogP contribution in [0.25, 0.3) is 11.8 Å². The third kappa shape index (κ3) is 5.46. The second-order valence-electron chi connectivity index (χ2n) is 5.35. The van der Waals surface area contributed by atoms with E-state index in [4.69, 9.17) is 5.11 Å². The molecule has 0 aliphatic carbocycles. The number of carboxylic acid groups (broad SMARTS) is 1. The Morgan fingerprint density at radius 2 is 1.67 bits per heavy atom. The van der Waals surface area contributed by atoms with Crippen LogP contribution in [-0.2, 0) is 14.4 Å². The summed E-state index contributed by atoms with van der Waals surface area (Å²) in [6.45, 7) is 0. The molecule has 5 N–H and O–H groups in total. The average molecular weight is 369 g/mol. The van der Waals surface area contributed by atoms with Gasteiger partial charge in [-0.15, -0.1) is 0 Å². The Balaban J connectivity index is 2.10. The lowest BCUT2D eigenvalue weighted by atomic mass is 10.1. The molecule has 0 unspecified atom stereocenters. The second kappa shape index (κ2) is 8.34. The van der Waals surface area contributed by atoms with Crippen molar-refractivity contribution >= 4 is 35.2 Å². The Morgan fingerprint density at radius 3 is 2.33 bits per heavy atom. The fourth-order valence-electron chi connectivity index (χ4n) is 2.03. The molecular formula is C19H15NO7. The molecule has 0 spiro atoms. The van der Waals surface area contributed by atoms with Gasteiger partial charge >= 0.3 is 5.97 Å². The Kier molecular flexibility index (Phi) is 5.95. The first-order valence-electron chi connectivity index (χ1n) is 7.55. The summed E-state index contributed by atoms with van der Waals surface area (Å²) >= 11 is 0. The molecule has 1 amide bonds. The third-order valence-corrected chi connectivity index (χ3v) is 3.33. The molecule has 0 fully saturated rings. The van der Waals surface area contributed by atoms with Crippen LogP contribution >= 0.6 is 0 Å². The lowest BCUT2D eigenvalue weighted by Crippen LogP contribution is -2.10. The maximum absolute atomic E-state index is 12.0. The van der Waals surface area contributed by atoms with Crippen molar-refractivity contribution in [3.05, 3.63) is 65.7 Å². The number of carbonyl (C=O) groups is 3. The Morgan fingerprint density at radius 1 is 0.926 bits per heavy atom. The number of anilines is 1. The van der Waals surface area contributed by atoms with Crippen molar-refractivity contribution in [2.75, 3.05) is 5.32 Å². The van der Waals surface area contributed by atoms with Crippen molar-refractivity contribution in [3.8, 4) is 11.5 Å². The molecule has 0 radical (unpaired) electrons. The minimum atomic E-state index is -1.70. The zero-order valence-electron chi connectivity index (χ0n) is 13.8. The van der Waals surface area contributed by atoms with Crippen LogP contribution in [0.3, 0.4) is 0 Å². The first-order valence-corrected chi connectivity index (χ1v) is 7.55. The number of aliphatic hydroxyl groups excluding tert-OH is 1. The minimum Gasteiger partial charge on any atom is -0.507 e. The van der Waals surface area contributed by atoms with Gasteiger partial charge in [0.1, 0.15) is 5.76 Å². The summed E-state index contributed by atoms with van der Waals surface area (Å²) in [5.41, 5.74) is 0.940. The highest BCUT2D eigenvalue weighted by Gasteiger charge is 2.11. The van der Waals surface area contributed by atoms with Gasteiger partial charge in [-0.1, -0.05) is 18.2 Å². The molecule has 27 heavy (non-hydrogen) atoms. The van der Waals surface area contributed by atoms with Gasteiger partial charge in [0.15, 0.2) is 11.5 Å². The van der Waals surface area contributed by atoms with Crippen LogP contribution in [0.2, 0.25) is 0 Å². The minimum absolute atomic E-state index is 0.148. The van der Waals surface area contributed by atoms with E-state index in [1.165, 1.54) is 54.6 Å². The van der Waals surface area contributed by atoms with E-state index in [0.717, 1.165) is 0 Å². The van der Waals surface area contributed by atoms with E-state index in [-0.39, 0.29) is 17.1 Å². The van der Waals surface area contributed by atoms with Crippen molar-refractivity contribution in [1.82, 2.24) is 0 Å². The smallest absolute Gasteiger partial charge is 0.376 e. The molecule has 0 atom stereocenters. The predicted octanol–water partition coefficient (Wildman–Crippen LogP) is 2.30. The summed E-state index contributed by atoms with van der Waals surface area (Å²) in [4.78, 5) is 33.6. The summed E-state index contributed by atoms with van der Waals surface area (Å²) in [5.74, 6) is -4.62. The topological polar surface area (TPSA) is 144 Å². The van der Waals surface area contributed by atoms with Crippen LogP contribution in [0.15, 0.2) is 54.6 Å². The number of aliphatic carboxylic acids is 1. The molecule has 0 aromatic heterocycles. The SMILES string of the molecule is O=C(/C=C/c1ccc(O)c(O)c1)Nc1cccc(C(O)=CC(=O)C(=O)O)c1. The number of aliphatic hydroxyl groups is 1. The van der Waals surface area contributed by atoms with Crippen LogP contribution in [0.4, 0.5) is 5.69 Å². The standard InChI is InChI=1S/C19H15NO7/c21-14-6-4-11(8-16(14)23)5-7-18(25)20-13-3-1-2-12(9-13)15(22)10-17(24)19(26)27/h1-10,21-23H,(H,20,25)(H,26,27)/b7-5+,15-10?. The summed E-state index contributed by atoms with van der Waals surface area (Å²) < 4.78 is 0. The normalized spacial score (nSPS) is 11.3. The quantitative estimate of drug-likeness (QED) is 0.227. The number of ketones is 1. The lowest BCUT2D eigenvalue weighted by molar-refractivity contribution is -0.146. The number of carboxylic acids is 1. The summed E-state index contributed by atoms with van der Waals surface area (Å²) in [7, 11) is 0. The highest BCUT2D eigenvalue weighted by atomic mass is 16.4. The van der Waals surface area contributed by atoms with Crippen molar-refractivity contribution < 1.29 is 34.8 Å². The molecule has 0 saturated heterocycles. The molecule has 138 valence electrons. The molecule has 0 aliphatic rings. The van der Waals surface area contributed by atoms with Gasteiger partial charge in [0.25, 0.3) is 5.78 Å². The molecule has 2 aromatic rings. The van der Waals surface area contributed by atoms with Crippen LogP contribution in [-0.4, -0.2) is 38.1 Å². The zero-order valence-corrected chi connectivity index (χ0v) is 13.8. The van der Waals surface area contributed by atoms with E-state index >= 15 is 0 Å². The maximum Gasteiger partial charge on any atom is 0.376 e. The average Bonchev–Trinajstić information content (AvgIpc) is 2.62. The Bertz CT molecular complexity index is 960. The van der Waals surface area contributed by atoms with E-state index in [0.29, 0.717) is 17.3 Å². The number of amides is 1. The number of carbonyl (C=O) groups excluding carboxylic acids is 2. The van der Waals surface area contributed by atoms with Gasteiger partial charge in [0, 0.05) is 23.4 Å². The Hall–Kier alpha value is -4.07. The van der Waals surface area contributed by atoms with Gasteiger partial charge in [-0.25, -0.2) is 4.79 Å². The molecule has 8 heteroatoms. The van der Waals surface area contributed by atoms with Crippen molar-refractivity contribution in [2.24, 2.45) is 0 Å². The van der Waals surface area contributed by atoms with Crippen LogP contribution in [0.5, 0.6) is 11.5 Å². The van der Waals surface area contributed by atoms with E-state index in [1.807, 2.05) is 0 Å². The molecule has 2 rings (SSSR count). The van der Waals surface area contributed by atoms with E-state index in [9.17, 15) is 29.7 Å². The van der Waals surface area contributed by atoms with Crippen molar-refractivity contribution in [1.29, 1.82) is 0 Å². The number of aromatic hydroxyl groups is 2. The third-order valence-electron chi connectivity index (χ3n) is 3.33. The highest BCUT2D eigenvalue weighted by molar-refractivity contribution is 6.38. The molecule has 0 saturated carbocycles. The lowest BCUT2D eigenvalue weighted by Gasteiger charge is -2.05. The van der Waals surface area contributed by atoms with Gasteiger partial charge in [-0.2, -0.15) is 0 Å². The number of benzene rings is 2. The molecule has 0 heterocycles. The number of hydrogen-bond donors (Lipinski definition) is 5. The van der Waals surface area contributed by atoms with Gasteiger partial charge in [0.05, 0.1) is 0 Å². The first-order chi connectivity index (χ1) is 12.8. The van der Waals surface area contributed by atoms with Crippen molar-refractivity contribution in [3.63, 3.8) is 0 Å². The fourth-order valence-corrected chi connectivity index (χ4v) is 2.03. The summed E-state index contributed by atoms with van der Waals surface area (Å²) in [6, 6.07) is 9.90. The van der Waals surface area contributed by atoms with E-state index in [2.05, 4.69) is 5.32 Å². The van der Waals surface area contributed by atoms with E-state index in [1.54, 1.807) is 0 Å². The second-order valence-corrected chi connectivity index (χ2v) is 5.35. The number of nitrogens with one attached hydrogen (secondary N) is 1. The molecule has 2 aromatic carbocycles. The summed E-state index contributed by atoms with van der Waals surface area (Å²) in [6.07, 6.45) is 3.18. The molecular weight excluding hydrogens is 354 g/mol. The fraction of sp³-hybridized carbons (Fsp3) is 0. The maximum atomic E-state index is 12.0. The number of phenols is 2. The van der Waals surface area contributed by atoms with Crippen molar-refractivity contribution in [2.45, 2.75) is 0 Å². The van der Waals surface area contributed by atoms with Crippen LogP contribution in [0.1, 0.15) is 11.1 Å². The number of phenolic OH excluding ortho intramolecular Hbond substituents is 2. The van der Waals surface area contributed by atoms with Gasteiger partial charge in [-0.05, 0) is 35.9 Å². The predicted molar refractivity (Wildman–Crippen MR) is 97.1 cm³/mol. The number of rotatable bonds is 6. The molecule has 0 bridgehead atoms. The number of hydrogen-bond acceptors (Lipinski definition) is 6. The van der Waals surface area contributed by atoms with Crippen LogP contribution < -0.4 is 5.32 Å². The highest BCUT2D eigenvalue weighted by Crippen LogP contribution is 2.25. The first kappa shape index (κ1) is 19.3. The summed E-state index contributed by atoms with van der Waals surface area (Å²) in [5, 5.41) is 39.5. The zero-order chi connectivity index (χ0) is 20.0. The van der Waals surface area contributed by atoms with Crippen LogP contribution in [0, 0.1) is 0 Å². The van der Waals surface area contributed by atoms with E-state index < -0.39 is 23.4 Å². The Labute approximate surface area is 153 Å². The molecule has 0 aliphatic heterocycles. The van der Waals surface area contributed by atoms with Gasteiger partial charge < -0.3 is 25.7 Å². The van der Waals surface area contributed by atoms with Gasteiger partial charge in [0.2, 0.25) is 5.91 Å². The molecule has 8 nitrogen and oxygen atoms in total. The largest absolute Gasteiger partial charge is 0.507 e. The monoisotopic (exact) mass is 369 g/mol. The van der Waals surface area contributed by atoms with Gasteiger partial charge in [-0.3, -0.25) is 9.59 Å².